The molecule has 1 aliphatic heterocycles. The Kier molecular flexibility index (Phi) is 8.10. The number of nitrogens with zero attached hydrogens (tertiary/aromatic N) is 1. The zero-order chi connectivity index (χ0) is 26.7. The Balaban J connectivity index is 1.79. The molecule has 0 radical (unpaired) electrons. The first-order chi connectivity index (χ1) is 16.7. The van der Waals surface area contributed by atoms with E-state index in [1.165, 1.54) is 17.7 Å². The monoisotopic (exact) mass is 521 g/mol. The van der Waals surface area contributed by atoms with Crippen LogP contribution in [0.2, 0.25) is 0 Å². The lowest BCUT2D eigenvalue weighted by atomic mass is 9.81. The smallest absolute Gasteiger partial charge is 0.459 e. The van der Waals surface area contributed by atoms with E-state index in [9.17, 15) is 24.1 Å². The normalized spacial score (nSPS) is 21.0. The van der Waals surface area contributed by atoms with Crippen molar-refractivity contribution in [2.24, 2.45) is 5.41 Å². The number of rotatable bonds is 10. The third-order valence-electron chi connectivity index (χ3n) is 5.34. The summed E-state index contributed by atoms with van der Waals surface area (Å²) in [5.74, 6) is -0.976. The number of aryl methyl sites for hydroxylation is 1. The number of nitrogens with one attached hydrogen (secondary N) is 2. The number of carboxylic acids is 1. The van der Waals surface area contributed by atoms with Crippen molar-refractivity contribution in [3.05, 3.63) is 75.1 Å². The maximum atomic E-state index is 13.8. The lowest BCUT2D eigenvalue weighted by Crippen LogP contribution is -2.51. The van der Waals surface area contributed by atoms with Gasteiger partial charge in [-0.1, -0.05) is 45.0 Å². The molecule has 3 rings (SSSR count). The molecule has 3 N–H and O–H groups in total. The van der Waals surface area contributed by atoms with E-state index in [2.05, 4.69) is 10.1 Å². The largest absolute Gasteiger partial charge is 0.480 e. The predicted molar refractivity (Wildman–Crippen MR) is 133 cm³/mol. The van der Waals surface area contributed by atoms with Crippen LogP contribution in [0.5, 0.6) is 5.75 Å². The minimum Gasteiger partial charge on any atom is -0.480 e. The summed E-state index contributed by atoms with van der Waals surface area (Å²) in [5, 5.41) is 12.6. The Bertz CT molecular complexity index is 1280. The Labute approximate surface area is 208 Å². The van der Waals surface area contributed by atoms with Crippen molar-refractivity contribution in [3.8, 4) is 5.75 Å². The van der Waals surface area contributed by atoms with Crippen LogP contribution in [0.15, 0.2) is 58.3 Å². The summed E-state index contributed by atoms with van der Waals surface area (Å²) in [6.45, 7) is 8.35. The second-order valence-corrected chi connectivity index (χ2v) is 11.8. The maximum absolute atomic E-state index is 13.8. The minimum atomic E-state index is -4.23. The molecule has 1 aromatic carbocycles. The van der Waals surface area contributed by atoms with Gasteiger partial charge in [0.15, 0.2) is 6.23 Å². The molecule has 0 amide bonds. The summed E-state index contributed by atoms with van der Waals surface area (Å²) in [4.78, 5) is 38.2. The zero-order valence-corrected chi connectivity index (χ0v) is 21.8. The molecule has 12 heteroatoms. The van der Waals surface area contributed by atoms with Crippen molar-refractivity contribution in [3.63, 3.8) is 0 Å². The molecule has 11 nitrogen and oxygen atoms in total. The average Bonchev–Trinajstić information content (AvgIpc) is 3.23. The van der Waals surface area contributed by atoms with E-state index >= 15 is 0 Å². The third-order valence-corrected chi connectivity index (χ3v) is 7.05. The van der Waals surface area contributed by atoms with E-state index in [1.807, 2.05) is 20.8 Å². The van der Waals surface area contributed by atoms with E-state index in [0.29, 0.717) is 5.56 Å². The van der Waals surface area contributed by atoms with Crippen molar-refractivity contribution in [2.45, 2.75) is 58.9 Å². The fraction of sp³-hybridized carbons (Fsp3) is 0.458. The lowest BCUT2D eigenvalue weighted by molar-refractivity contribution is -0.144. The molecule has 2 heterocycles. The van der Waals surface area contributed by atoms with Gasteiger partial charge < -0.3 is 14.4 Å². The Morgan fingerprint density at radius 3 is 2.47 bits per heavy atom. The Hall–Kier alpha value is -2.98. The van der Waals surface area contributed by atoms with E-state index in [0.717, 1.165) is 0 Å². The van der Waals surface area contributed by atoms with Crippen LogP contribution in [0, 0.1) is 12.3 Å². The second-order valence-electron chi connectivity index (χ2n) is 10.1. The van der Waals surface area contributed by atoms with Crippen LogP contribution in [-0.4, -0.2) is 38.9 Å². The molecule has 4 atom stereocenters. The van der Waals surface area contributed by atoms with E-state index in [4.69, 9.17) is 13.8 Å². The second kappa shape index (κ2) is 10.6. The highest BCUT2D eigenvalue weighted by molar-refractivity contribution is 7.52. The van der Waals surface area contributed by atoms with Crippen LogP contribution in [0.25, 0.3) is 0 Å². The molecular formula is C24H32N3O8P. The van der Waals surface area contributed by atoms with Gasteiger partial charge in [-0.05, 0) is 43.9 Å². The minimum absolute atomic E-state index is 0.136. The number of carbonyl (C=O) groups is 1. The highest BCUT2D eigenvalue weighted by atomic mass is 31.2. The van der Waals surface area contributed by atoms with Gasteiger partial charge in [-0.15, -0.1) is 0 Å². The highest BCUT2D eigenvalue weighted by Crippen LogP contribution is 2.48. The number of H-pyrrole nitrogens is 1. The van der Waals surface area contributed by atoms with Gasteiger partial charge >= 0.3 is 19.4 Å². The number of aromatic nitrogens is 2. The number of aliphatic carboxylic acids is 1. The quantitative estimate of drug-likeness (QED) is 0.316. The summed E-state index contributed by atoms with van der Waals surface area (Å²) in [6.07, 6.45) is 3.21. The molecule has 2 aromatic rings. The van der Waals surface area contributed by atoms with Gasteiger partial charge in [0.05, 0.1) is 6.61 Å². The molecule has 0 bridgehead atoms. The van der Waals surface area contributed by atoms with Crippen LogP contribution in [-0.2, 0) is 18.6 Å². The van der Waals surface area contributed by atoms with Gasteiger partial charge in [-0.2, -0.15) is 5.09 Å². The molecule has 1 aliphatic rings. The zero-order valence-electron chi connectivity index (χ0n) is 20.9. The summed E-state index contributed by atoms with van der Waals surface area (Å²) < 4.78 is 32.2. The topological polar surface area (TPSA) is 149 Å². The van der Waals surface area contributed by atoms with E-state index < -0.39 is 48.3 Å². The molecule has 1 unspecified atom stereocenters. The van der Waals surface area contributed by atoms with Gasteiger partial charge in [-0.25, -0.2) is 9.36 Å². The summed E-state index contributed by atoms with van der Waals surface area (Å²) in [6, 6.07) is 8.27. The van der Waals surface area contributed by atoms with Crippen molar-refractivity contribution in [2.75, 3.05) is 6.61 Å². The van der Waals surface area contributed by atoms with Gasteiger partial charge in [0.2, 0.25) is 0 Å². The Morgan fingerprint density at radius 2 is 1.86 bits per heavy atom. The van der Waals surface area contributed by atoms with Crippen LogP contribution in [0.1, 0.15) is 45.9 Å². The van der Waals surface area contributed by atoms with Crippen molar-refractivity contribution in [1.29, 1.82) is 0 Å². The van der Waals surface area contributed by atoms with Crippen LogP contribution >= 0.6 is 7.75 Å². The average molecular weight is 522 g/mol. The van der Waals surface area contributed by atoms with Gasteiger partial charge in [0.25, 0.3) is 5.56 Å². The number of para-hydroxylation sites is 1. The number of aromatic amines is 1. The lowest BCUT2D eigenvalue weighted by Gasteiger charge is -2.35. The first-order valence-electron chi connectivity index (χ1n) is 11.4. The van der Waals surface area contributed by atoms with Gasteiger partial charge in [0.1, 0.15) is 17.4 Å². The maximum Gasteiger partial charge on any atom is 0.459 e. The molecule has 196 valence electrons. The van der Waals surface area contributed by atoms with Crippen LogP contribution in [0.3, 0.4) is 0 Å². The molecular weight excluding hydrogens is 489 g/mol. The molecule has 0 aliphatic carbocycles. The molecule has 36 heavy (non-hydrogen) atoms. The van der Waals surface area contributed by atoms with Crippen molar-refractivity contribution < 1.29 is 28.3 Å². The van der Waals surface area contributed by atoms with E-state index in [-0.39, 0.29) is 18.8 Å². The summed E-state index contributed by atoms with van der Waals surface area (Å²) in [7, 11) is -4.23. The summed E-state index contributed by atoms with van der Waals surface area (Å²) in [5.41, 5.74) is -2.83. The highest BCUT2D eigenvalue weighted by Gasteiger charge is 2.45. The molecule has 0 saturated heterocycles. The van der Waals surface area contributed by atoms with Gasteiger partial charge in [0, 0.05) is 11.8 Å². The number of hydrogen-bond donors (Lipinski definition) is 3. The van der Waals surface area contributed by atoms with Crippen molar-refractivity contribution >= 4 is 13.7 Å². The molecule has 0 fully saturated rings. The Morgan fingerprint density at radius 1 is 1.19 bits per heavy atom. The van der Waals surface area contributed by atoms with Crippen LogP contribution in [0.4, 0.5) is 0 Å². The van der Waals surface area contributed by atoms with E-state index in [1.54, 1.807) is 49.4 Å². The number of carboxylic acid groups (broad SMARTS) is 1. The van der Waals surface area contributed by atoms with Crippen molar-refractivity contribution in [1.82, 2.24) is 14.6 Å². The number of benzene rings is 1. The van der Waals surface area contributed by atoms with Crippen LogP contribution < -0.4 is 20.9 Å². The molecule has 0 spiro atoms. The number of hydrogen-bond acceptors (Lipinski definition) is 7. The third kappa shape index (κ3) is 7.04. The fourth-order valence-corrected chi connectivity index (χ4v) is 5.60. The standard InChI is InChI=1S/C24H32N3O8P/c1-16-13-27(22(31)25-20(16)28)19-12-11-18(34-19)14-33-36(32,35-17-9-7-6-8-10-17)26-24(5,21(29)30)15-23(2,3)4/h6-13,18-19H,14-15H2,1-5H3,(H,26,32)(H,29,30)(H,25,28,31)/t18-,19+,24-,36?/m0/s1. The first kappa shape index (κ1) is 27.6. The molecule has 0 saturated carbocycles. The SMILES string of the molecule is Cc1cn([C@H]2C=C[C@@H](COP(=O)(N[C@@](C)(CC(C)(C)C)C(=O)O)Oc3ccccc3)O2)c(=O)[nH]c1=O. The summed E-state index contributed by atoms with van der Waals surface area (Å²) >= 11 is 0. The predicted octanol–water partition coefficient (Wildman–Crippen LogP) is 3.37. The molecule has 1 aromatic heterocycles. The van der Waals surface area contributed by atoms with Gasteiger partial charge in [-0.3, -0.25) is 23.7 Å². The fourth-order valence-electron chi connectivity index (χ4n) is 3.92. The first-order valence-corrected chi connectivity index (χ1v) is 12.9. The number of ether oxygens (including phenoxy) is 1.